The summed E-state index contributed by atoms with van der Waals surface area (Å²) in [5.74, 6) is -2.58. The number of likely N-dealkylation sites (N-methyl/N-ethyl adjacent to an activating group) is 1. The van der Waals surface area contributed by atoms with Crippen LogP contribution in [0.25, 0.3) is 0 Å². The topological polar surface area (TPSA) is 40.6 Å². The Morgan fingerprint density at radius 3 is 2.14 bits per heavy atom. The molecular formula is C15H20F2N2O2. The number of rotatable bonds is 7. The molecule has 0 fully saturated rings. The average Bonchev–Trinajstić information content (AvgIpc) is 2.38. The number of hydrogen-bond acceptors (Lipinski definition) is 3. The predicted octanol–water partition coefficient (Wildman–Crippen LogP) is 1.95. The van der Waals surface area contributed by atoms with E-state index in [1.54, 1.807) is 19.0 Å². The third kappa shape index (κ3) is 4.90. The largest absolute Gasteiger partial charge is 0.348 e. The number of hydrogen-bond donors (Lipinski definition) is 0. The van der Waals surface area contributed by atoms with Crippen LogP contribution in [-0.4, -0.2) is 55.2 Å². The van der Waals surface area contributed by atoms with Gasteiger partial charge in [0.25, 0.3) is 0 Å². The number of Topliss-reactive ketones (excluding diaryl/α,β-unsaturated/α-hetero) is 1. The highest BCUT2D eigenvalue weighted by Crippen LogP contribution is 2.13. The number of carbonyl (C=O) groups excluding carboxylic acids is 2. The third-order valence-corrected chi connectivity index (χ3v) is 3.01. The van der Waals surface area contributed by atoms with Gasteiger partial charge in [0, 0.05) is 14.1 Å². The molecule has 0 aliphatic rings. The summed E-state index contributed by atoms with van der Waals surface area (Å²) in [7, 11) is 3.23. The van der Waals surface area contributed by atoms with Gasteiger partial charge in [-0.2, -0.15) is 0 Å². The van der Waals surface area contributed by atoms with Crippen LogP contribution >= 0.6 is 0 Å². The van der Waals surface area contributed by atoms with E-state index >= 15 is 0 Å². The first kappa shape index (κ1) is 17.2. The molecular weight excluding hydrogens is 278 g/mol. The number of benzene rings is 1. The van der Waals surface area contributed by atoms with Gasteiger partial charge < -0.3 is 4.90 Å². The van der Waals surface area contributed by atoms with Gasteiger partial charge in [-0.05, 0) is 25.1 Å². The number of halogens is 2. The van der Waals surface area contributed by atoms with Crippen LogP contribution in [0.3, 0.4) is 0 Å². The lowest BCUT2D eigenvalue weighted by Gasteiger charge is -2.22. The van der Waals surface area contributed by atoms with Gasteiger partial charge in [-0.15, -0.1) is 0 Å². The molecule has 21 heavy (non-hydrogen) atoms. The molecule has 116 valence electrons. The van der Waals surface area contributed by atoms with Gasteiger partial charge in [0.05, 0.1) is 18.7 Å². The van der Waals surface area contributed by atoms with Crippen molar-refractivity contribution in [2.45, 2.75) is 13.3 Å². The molecule has 0 atom stereocenters. The van der Waals surface area contributed by atoms with Crippen LogP contribution in [0, 0.1) is 11.6 Å². The zero-order chi connectivity index (χ0) is 16.0. The molecule has 6 heteroatoms. The molecule has 0 aliphatic carbocycles. The second-order valence-corrected chi connectivity index (χ2v) is 5.02. The summed E-state index contributed by atoms with van der Waals surface area (Å²) in [5, 5.41) is 0. The summed E-state index contributed by atoms with van der Waals surface area (Å²) >= 11 is 0. The lowest BCUT2D eigenvalue weighted by Crippen LogP contribution is -2.40. The number of ketones is 1. The summed E-state index contributed by atoms with van der Waals surface area (Å²) in [6.45, 7) is 2.26. The lowest BCUT2D eigenvalue weighted by molar-refractivity contribution is -0.129. The Bertz CT molecular complexity index is 498. The zero-order valence-corrected chi connectivity index (χ0v) is 12.5. The SMILES string of the molecule is CCCN(CC(=O)c1c(F)cccc1F)CC(=O)N(C)C. The molecule has 0 saturated carbocycles. The van der Waals surface area contributed by atoms with E-state index < -0.39 is 23.0 Å². The van der Waals surface area contributed by atoms with Gasteiger partial charge in [-0.1, -0.05) is 13.0 Å². The molecule has 1 aromatic rings. The molecule has 4 nitrogen and oxygen atoms in total. The molecule has 0 bridgehead atoms. The van der Waals surface area contributed by atoms with E-state index in [4.69, 9.17) is 0 Å². The van der Waals surface area contributed by atoms with Crippen molar-refractivity contribution in [3.05, 3.63) is 35.4 Å². The number of carbonyl (C=O) groups is 2. The van der Waals surface area contributed by atoms with E-state index in [1.807, 2.05) is 6.92 Å². The van der Waals surface area contributed by atoms with Crippen LogP contribution in [0.5, 0.6) is 0 Å². The molecule has 0 aromatic heterocycles. The van der Waals surface area contributed by atoms with E-state index in [-0.39, 0.29) is 19.0 Å². The van der Waals surface area contributed by atoms with E-state index in [1.165, 1.54) is 11.0 Å². The summed E-state index contributed by atoms with van der Waals surface area (Å²) in [6, 6.07) is 3.30. The van der Waals surface area contributed by atoms with Crippen molar-refractivity contribution in [3.63, 3.8) is 0 Å². The molecule has 1 amide bonds. The monoisotopic (exact) mass is 298 g/mol. The van der Waals surface area contributed by atoms with Gasteiger partial charge in [0.2, 0.25) is 5.91 Å². The maximum absolute atomic E-state index is 13.6. The average molecular weight is 298 g/mol. The maximum atomic E-state index is 13.6. The second kappa shape index (κ2) is 7.83. The number of nitrogens with zero attached hydrogens (tertiary/aromatic N) is 2. The summed E-state index contributed by atoms with van der Waals surface area (Å²) in [6.07, 6.45) is 0.730. The molecule has 0 spiro atoms. The van der Waals surface area contributed by atoms with Gasteiger partial charge in [0.15, 0.2) is 5.78 Å². The van der Waals surface area contributed by atoms with E-state index in [9.17, 15) is 18.4 Å². The summed E-state index contributed by atoms with van der Waals surface area (Å²) < 4.78 is 27.1. The van der Waals surface area contributed by atoms with Gasteiger partial charge in [-0.25, -0.2) is 8.78 Å². The maximum Gasteiger partial charge on any atom is 0.236 e. The first-order chi connectivity index (χ1) is 9.86. The Labute approximate surface area is 123 Å². The van der Waals surface area contributed by atoms with Crippen molar-refractivity contribution >= 4 is 11.7 Å². The van der Waals surface area contributed by atoms with Crippen LogP contribution in [-0.2, 0) is 4.79 Å². The normalized spacial score (nSPS) is 10.8. The van der Waals surface area contributed by atoms with Crippen LogP contribution in [0.15, 0.2) is 18.2 Å². The van der Waals surface area contributed by atoms with Crippen molar-refractivity contribution in [2.75, 3.05) is 33.7 Å². The fraction of sp³-hybridized carbons (Fsp3) is 0.467. The lowest BCUT2D eigenvalue weighted by atomic mass is 10.1. The highest BCUT2D eigenvalue weighted by Gasteiger charge is 2.21. The van der Waals surface area contributed by atoms with E-state index in [2.05, 4.69) is 0 Å². The Hall–Kier alpha value is -1.82. The first-order valence-corrected chi connectivity index (χ1v) is 6.76. The van der Waals surface area contributed by atoms with Crippen molar-refractivity contribution in [2.24, 2.45) is 0 Å². The molecule has 0 heterocycles. The van der Waals surface area contributed by atoms with E-state index in [0.29, 0.717) is 6.54 Å². The fourth-order valence-electron chi connectivity index (χ4n) is 1.91. The third-order valence-electron chi connectivity index (χ3n) is 3.01. The quantitative estimate of drug-likeness (QED) is 0.722. The highest BCUT2D eigenvalue weighted by atomic mass is 19.1. The van der Waals surface area contributed by atoms with Crippen LogP contribution in [0.2, 0.25) is 0 Å². The minimum Gasteiger partial charge on any atom is -0.348 e. The smallest absolute Gasteiger partial charge is 0.236 e. The highest BCUT2D eigenvalue weighted by molar-refractivity contribution is 5.98. The minimum absolute atomic E-state index is 0.0443. The van der Waals surface area contributed by atoms with Gasteiger partial charge in [0.1, 0.15) is 11.6 Å². The van der Waals surface area contributed by atoms with Crippen molar-refractivity contribution < 1.29 is 18.4 Å². The fourth-order valence-corrected chi connectivity index (χ4v) is 1.91. The predicted molar refractivity (Wildman–Crippen MR) is 76.1 cm³/mol. The van der Waals surface area contributed by atoms with E-state index in [0.717, 1.165) is 18.6 Å². The molecule has 0 unspecified atom stereocenters. The Balaban J connectivity index is 2.83. The standard InChI is InChI=1S/C15H20F2N2O2/c1-4-8-19(10-14(21)18(2)3)9-13(20)15-11(16)6-5-7-12(15)17/h5-7H,4,8-10H2,1-3H3. The summed E-state index contributed by atoms with van der Waals surface area (Å²) in [5.41, 5.74) is -0.545. The minimum atomic E-state index is -0.879. The van der Waals surface area contributed by atoms with Crippen LogP contribution in [0.1, 0.15) is 23.7 Å². The first-order valence-electron chi connectivity index (χ1n) is 6.76. The molecule has 0 saturated heterocycles. The van der Waals surface area contributed by atoms with Gasteiger partial charge in [-0.3, -0.25) is 14.5 Å². The Morgan fingerprint density at radius 1 is 1.10 bits per heavy atom. The van der Waals surface area contributed by atoms with Crippen molar-refractivity contribution in [1.82, 2.24) is 9.80 Å². The number of amides is 1. The van der Waals surface area contributed by atoms with Crippen molar-refractivity contribution in [3.8, 4) is 0 Å². The van der Waals surface area contributed by atoms with Crippen molar-refractivity contribution in [1.29, 1.82) is 0 Å². The molecule has 1 rings (SSSR count). The van der Waals surface area contributed by atoms with Gasteiger partial charge >= 0.3 is 0 Å². The molecule has 0 aliphatic heterocycles. The molecule has 0 radical (unpaired) electrons. The second-order valence-electron chi connectivity index (χ2n) is 5.02. The summed E-state index contributed by atoms with van der Waals surface area (Å²) in [4.78, 5) is 26.8. The molecule has 1 aromatic carbocycles. The Morgan fingerprint density at radius 2 is 1.67 bits per heavy atom. The molecule has 0 N–H and O–H groups in total. The Kier molecular flexibility index (Phi) is 6.42. The zero-order valence-electron chi connectivity index (χ0n) is 12.5. The van der Waals surface area contributed by atoms with Crippen LogP contribution in [0.4, 0.5) is 8.78 Å². The van der Waals surface area contributed by atoms with Crippen LogP contribution < -0.4 is 0 Å².